The van der Waals surface area contributed by atoms with Gasteiger partial charge in [0.05, 0.1) is 0 Å². The molecule has 0 bridgehead atoms. The van der Waals surface area contributed by atoms with Gasteiger partial charge in [-0.1, -0.05) is 19.9 Å². The van der Waals surface area contributed by atoms with Gasteiger partial charge in [0.2, 0.25) is 0 Å². The van der Waals surface area contributed by atoms with Gasteiger partial charge in [-0.2, -0.15) is 0 Å². The summed E-state index contributed by atoms with van der Waals surface area (Å²) in [5, 5.41) is 12.7. The predicted octanol–water partition coefficient (Wildman–Crippen LogP) is 3.30. The summed E-state index contributed by atoms with van der Waals surface area (Å²) in [6.45, 7) is 9.67. The number of benzene rings is 1. The van der Waals surface area contributed by atoms with Crippen LogP contribution in [0, 0.1) is 11.7 Å². The standard InChI is InChI=1S/C17H27FN2O/c1-12(2)17(20-8-4-5-9-20)11-19-13(3)15-7-6-14(21)10-16(15)18/h6-7,10,12-13,17,19,21H,4-5,8-9,11H2,1-3H3. The molecule has 0 saturated carbocycles. The highest BCUT2D eigenvalue weighted by molar-refractivity contribution is 5.29. The number of phenolic OH excluding ortho intramolecular Hbond substituents is 1. The van der Waals surface area contributed by atoms with Crippen LogP contribution in [0.25, 0.3) is 0 Å². The first kappa shape index (κ1) is 16.2. The Morgan fingerprint density at radius 3 is 2.48 bits per heavy atom. The van der Waals surface area contributed by atoms with Crippen molar-refractivity contribution in [3.63, 3.8) is 0 Å². The molecule has 21 heavy (non-hydrogen) atoms. The van der Waals surface area contributed by atoms with Crippen LogP contribution in [-0.4, -0.2) is 35.7 Å². The molecule has 3 nitrogen and oxygen atoms in total. The lowest BCUT2D eigenvalue weighted by Gasteiger charge is -2.32. The average molecular weight is 294 g/mol. The Kier molecular flexibility index (Phi) is 5.59. The lowest BCUT2D eigenvalue weighted by atomic mass is 10.0. The second-order valence-corrected chi connectivity index (χ2v) is 6.39. The fraction of sp³-hybridized carbons (Fsp3) is 0.647. The van der Waals surface area contributed by atoms with Crippen LogP contribution < -0.4 is 5.32 Å². The summed E-state index contributed by atoms with van der Waals surface area (Å²) in [6, 6.07) is 4.80. The highest BCUT2D eigenvalue weighted by Gasteiger charge is 2.25. The Hall–Kier alpha value is -1.13. The molecule has 1 aliphatic heterocycles. The van der Waals surface area contributed by atoms with Crippen molar-refractivity contribution < 1.29 is 9.50 Å². The van der Waals surface area contributed by atoms with Gasteiger partial charge in [0.15, 0.2) is 0 Å². The molecule has 4 heteroatoms. The van der Waals surface area contributed by atoms with Crippen LogP contribution in [0.15, 0.2) is 18.2 Å². The van der Waals surface area contributed by atoms with E-state index in [0.717, 1.165) is 6.54 Å². The second-order valence-electron chi connectivity index (χ2n) is 6.39. The summed E-state index contributed by atoms with van der Waals surface area (Å²) in [5.41, 5.74) is 0.608. The number of hydrogen-bond acceptors (Lipinski definition) is 3. The van der Waals surface area contributed by atoms with E-state index in [1.807, 2.05) is 6.92 Å². The summed E-state index contributed by atoms with van der Waals surface area (Å²) in [6.07, 6.45) is 2.57. The average Bonchev–Trinajstić information content (AvgIpc) is 2.92. The Balaban J connectivity index is 1.96. The Bertz CT molecular complexity index is 458. The molecular formula is C17H27FN2O. The first-order chi connectivity index (χ1) is 9.99. The topological polar surface area (TPSA) is 35.5 Å². The third-order valence-corrected chi connectivity index (χ3v) is 4.46. The van der Waals surface area contributed by atoms with Gasteiger partial charge in [0.25, 0.3) is 0 Å². The van der Waals surface area contributed by atoms with Crippen molar-refractivity contribution in [3.8, 4) is 5.75 Å². The van der Waals surface area contributed by atoms with Gasteiger partial charge in [-0.25, -0.2) is 4.39 Å². The first-order valence-corrected chi connectivity index (χ1v) is 7.95. The lowest BCUT2D eigenvalue weighted by Crippen LogP contribution is -2.44. The fourth-order valence-electron chi connectivity index (χ4n) is 3.13. The number of likely N-dealkylation sites (tertiary alicyclic amines) is 1. The van der Waals surface area contributed by atoms with Crippen LogP contribution in [0.4, 0.5) is 4.39 Å². The van der Waals surface area contributed by atoms with Crippen molar-refractivity contribution in [1.82, 2.24) is 10.2 Å². The van der Waals surface area contributed by atoms with Crippen LogP contribution in [0.5, 0.6) is 5.75 Å². The van der Waals surface area contributed by atoms with Gasteiger partial charge >= 0.3 is 0 Å². The molecule has 0 aliphatic carbocycles. The maximum Gasteiger partial charge on any atom is 0.131 e. The van der Waals surface area contributed by atoms with Crippen LogP contribution in [-0.2, 0) is 0 Å². The molecule has 2 atom stereocenters. The third kappa shape index (κ3) is 4.17. The minimum absolute atomic E-state index is 0.0272. The number of halogens is 1. The second kappa shape index (κ2) is 7.23. The van der Waals surface area contributed by atoms with Gasteiger partial charge < -0.3 is 10.4 Å². The van der Waals surface area contributed by atoms with E-state index in [4.69, 9.17) is 0 Å². The number of phenols is 1. The monoisotopic (exact) mass is 294 g/mol. The Morgan fingerprint density at radius 1 is 1.24 bits per heavy atom. The van der Waals surface area contributed by atoms with E-state index in [2.05, 4.69) is 24.1 Å². The van der Waals surface area contributed by atoms with Crippen LogP contribution in [0.1, 0.15) is 45.2 Å². The molecule has 0 amide bonds. The summed E-state index contributed by atoms with van der Waals surface area (Å²) < 4.78 is 13.9. The molecule has 2 N–H and O–H groups in total. The molecule has 118 valence electrons. The highest BCUT2D eigenvalue weighted by Crippen LogP contribution is 2.22. The Morgan fingerprint density at radius 2 is 1.90 bits per heavy atom. The zero-order valence-electron chi connectivity index (χ0n) is 13.3. The van der Waals surface area contributed by atoms with Gasteiger partial charge in [-0.3, -0.25) is 4.90 Å². The number of aromatic hydroxyl groups is 1. The zero-order chi connectivity index (χ0) is 15.4. The summed E-state index contributed by atoms with van der Waals surface area (Å²) in [7, 11) is 0. The number of hydrogen-bond donors (Lipinski definition) is 2. The highest BCUT2D eigenvalue weighted by atomic mass is 19.1. The van der Waals surface area contributed by atoms with Crippen molar-refractivity contribution in [2.75, 3.05) is 19.6 Å². The largest absolute Gasteiger partial charge is 0.508 e. The molecule has 1 aromatic rings. The van der Waals surface area contributed by atoms with E-state index in [1.54, 1.807) is 6.07 Å². The van der Waals surface area contributed by atoms with Gasteiger partial charge in [-0.15, -0.1) is 0 Å². The van der Waals surface area contributed by atoms with Crippen LogP contribution >= 0.6 is 0 Å². The molecule has 2 unspecified atom stereocenters. The normalized spacial score (nSPS) is 19.1. The molecule has 0 aromatic heterocycles. The molecule has 1 heterocycles. The molecule has 1 aromatic carbocycles. The zero-order valence-corrected chi connectivity index (χ0v) is 13.3. The maximum absolute atomic E-state index is 13.9. The molecular weight excluding hydrogens is 267 g/mol. The summed E-state index contributed by atoms with van der Waals surface area (Å²) >= 11 is 0. The minimum Gasteiger partial charge on any atom is -0.508 e. The summed E-state index contributed by atoms with van der Waals surface area (Å²) in [4.78, 5) is 2.54. The SMILES string of the molecule is CC(NCC(C(C)C)N1CCCC1)c1ccc(O)cc1F. The molecule has 1 saturated heterocycles. The van der Waals surface area contributed by atoms with Crippen molar-refractivity contribution in [2.45, 2.75) is 45.7 Å². The molecule has 1 aliphatic rings. The van der Waals surface area contributed by atoms with Crippen molar-refractivity contribution in [3.05, 3.63) is 29.6 Å². The molecule has 0 radical (unpaired) electrons. The van der Waals surface area contributed by atoms with E-state index in [9.17, 15) is 9.50 Å². The van der Waals surface area contributed by atoms with Crippen LogP contribution in [0.2, 0.25) is 0 Å². The first-order valence-electron chi connectivity index (χ1n) is 7.95. The number of nitrogens with one attached hydrogen (secondary N) is 1. The molecule has 2 rings (SSSR count). The molecule has 0 spiro atoms. The van der Waals surface area contributed by atoms with Gasteiger partial charge in [0.1, 0.15) is 11.6 Å². The van der Waals surface area contributed by atoms with Gasteiger partial charge in [0, 0.05) is 30.3 Å². The predicted molar refractivity (Wildman–Crippen MR) is 83.9 cm³/mol. The smallest absolute Gasteiger partial charge is 0.131 e. The number of nitrogens with zero attached hydrogens (tertiary/aromatic N) is 1. The van der Waals surface area contributed by atoms with E-state index in [-0.39, 0.29) is 17.6 Å². The lowest BCUT2D eigenvalue weighted by molar-refractivity contribution is 0.182. The van der Waals surface area contributed by atoms with E-state index in [1.165, 1.54) is 38.1 Å². The fourth-order valence-corrected chi connectivity index (χ4v) is 3.13. The third-order valence-electron chi connectivity index (χ3n) is 4.46. The van der Waals surface area contributed by atoms with Crippen LogP contribution in [0.3, 0.4) is 0 Å². The van der Waals surface area contributed by atoms with Crippen molar-refractivity contribution in [1.29, 1.82) is 0 Å². The van der Waals surface area contributed by atoms with E-state index < -0.39 is 0 Å². The maximum atomic E-state index is 13.9. The van der Waals surface area contributed by atoms with Crippen molar-refractivity contribution >= 4 is 0 Å². The molecule has 1 fully saturated rings. The quantitative estimate of drug-likeness (QED) is 0.845. The van der Waals surface area contributed by atoms with Crippen molar-refractivity contribution in [2.24, 2.45) is 5.92 Å². The van der Waals surface area contributed by atoms with E-state index >= 15 is 0 Å². The van der Waals surface area contributed by atoms with E-state index in [0.29, 0.717) is 17.5 Å². The minimum atomic E-state index is -0.350. The summed E-state index contributed by atoms with van der Waals surface area (Å²) in [5.74, 6) is 0.199. The Labute approximate surface area is 127 Å². The van der Waals surface area contributed by atoms with Gasteiger partial charge in [-0.05, 0) is 44.8 Å². The number of rotatable bonds is 6.